The van der Waals surface area contributed by atoms with Crippen LogP contribution in [0.1, 0.15) is 22.3 Å². The van der Waals surface area contributed by atoms with Crippen molar-refractivity contribution in [3.8, 4) is 0 Å². The lowest BCUT2D eigenvalue weighted by molar-refractivity contribution is 0.102. The van der Waals surface area contributed by atoms with Crippen molar-refractivity contribution in [3.63, 3.8) is 0 Å². The van der Waals surface area contributed by atoms with Crippen molar-refractivity contribution in [2.45, 2.75) is 13.3 Å². The molecule has 0 radical (unpaired) electrons. The van der Waals surface area contributed by atoms with Gasteiger partial charge < -0.3 is 0 Å². The number of carbonyl (C=O) groups is 1. The normalized spacial score (nSPS) is 10.2. The van der Waals surface area contributed by atoms with E-state index in [1.807, 2.05) is 19.1 Å². The van der Waals surface area contributed by atoms with Crippen molar-refractivity contribution in [1.82, 2.24) is 10.2 Å². The van der Waals surface area contributed by atoms with Crippen LogP contribution in [0, 0.1) is 3.57 Å². The van der Waals surface area contributed by atoms with Gasteiger partial charge in [-0.25, -0.2) is 0 Å². The number of nitrogens with one attached hydrogen (secondary N) is 1. The molecule has 0 bridgehead atoms. The predicted molar refractivity (Wildman–Crippen MR) is 76.4 cm³/mol. The lowest BCUT2D eigenvalue weighted by Gasteiger charge is -2.00. The number of aromatic nitrogens is 2. The minimum atomic E-state index is -0.153. The van der Waals surface area contributed by atoms with E-state index in [-0.39, 0.29) is 5.91 Å². The zero-order valence-electron chi connectivity index (χ0n) is 9.11. The van der Waals surface area contributed by atoms with Gasteiger partial charge >= 0.3 is 0 Å². The van der Waals surface area contributed by atoms with Gasteiger partial charge in [-0.2, -0.15) is 0 Å². The van der Waals surface area contributed by atoms with Crippen LogP contribution in [0.4, 0.5) is 5.13 Å². The number of nitrogens with zero attached hydrogens (tertiary/aromatic N) is 2. The van der Waals surface area contributed by atoms with Crippen LogP contribution in [0.2, 0.25) is 0 Å². The number of rotatable bonds is 3. The van der Waals surface area contributed by atoms with E-state index in [9.17, 15) is 4.79 Å². The highest BCUT2D eigenvalue weighted by atomic mass is 127. The van der Waals surface area contributed by atoms with E-state index >= 15 is 0 Å². The van der Waals surface area contributed by atoms with E-state index in [0.717, 1.165) is 15.0 Å². The molecule has 88 valence electrons. The van der Waals surface area contributed by atoms with Gasteiger partial charge in [0.05, 0.1) is 0 Å². The number of benzene rings is 1. The molecule has 17 heavy (non-hydrogen) atoms. The smallest absolute Gasteiger partial charge is 0.257 e. The Morgan fingerprint density at radius 2 is 2.06 bits per heavy atom. The van der Waals surface area contributed by atoms with Crippen LogP contribution in [0.5, 0.6) is 0 Å². The van der Waals surface area contributed by atoms with Gasteiger partial charge in [-0.1, -0.05) is 18.3 Å². The molecular weight excluding hydrogens is 349 g/mol. The van der Waals surface area contributed by atoms with E-state index in [2.05, 4.69) is 38.1 Å². The van der Waals surface area contributed by atoms with Gasteiger partial charge in [0.15, 0.2) is 0 Å². The molecule has 2 aromatic rings. The Kier molecular flexibility index (Phi) is 4.06. The maximum atomic E-state index is 11.8. The molecule has 0 unspecified atom stereocenters. The van der Waals surface area contributed by atoms with Crippen molar-refractivity contribution in [2.75, 3.05) is 5.32 Å². The van der Waals surface area contributed by atoms with Crippen molar-refractivity contribution >= 4 is 45.0 Å². The third-order valence-corrected chi connectivity index (χ3v) is 3.80. The zero-order valence-corrected chi connectivity index (χ0v) is 12.1. The quantitative estimate of drug-likeness (QED) is 0.858. The number of aryl methyl sites for hydroxylation is 1. The molecule has 1 heterocycles. The fraction of sp³-hybridized carbons (Fsp3) is 0.182. The first-order valence-corrected chi connectivity index (χ1v) is 6.98. The summed E-state index contributed by atoms with van der Waals surface area (Å²) in [5.74, 6) is -0.153. The van der Waals surface area contributed by atoms with Crippen LogP contribution in [-0.2, 0) is 6.42 Å². The highest BCUT2D eigenvalue weighted by Gasteiger charge is 2.09. The fourth-order valence-electron chi connectivity index (χ4n) is 1.22. The average Bonchev–Trinajstić information content (AvgIpc) is 2.77. The Balaban J connectivity index is 2.08. The molecule has 6 heteroatoms. The van der Waals surface area contributed by atoms with Crippen LogP contribution in [0.25, 0.3) is 0 Å². The fourth-order valence-corrected chi connectivity index (χ4v) is 2.25. The molecule has 0 aliphatic rings. The summed E-state index contributed by atoms with van der Waals surface area (Å²) in [5, 5.41) is 12.1. The second-order valence-corrected chi connectivity index (χ2v) is 5.62. The molecule has 1 amide bonds. The Morgan fingerprint density at radius 1 is 1.35 bits per heavy atom. The van der Waals surface area contributed by atoms with Gasteiger partial charge in [0, 0.05) is 9.13 Å². The van der Waals surface area contributed by atoms with Crippen molar-refractivity contribution in [2.24, 2.45) is 0 Å². The lowest BCUT2D eigenvalue weighted by atomic mass is 10.2. The van der Waals surface area contributed by atoms with Gasteiger partial charge in [-0.3, -0.25) is 10.1 Å². The first kappa shape index (κ1) is 12.4. The molecule has 1 aromatic heterocycles. The Labute approximate surface area is 117 Å². The summed E-state index contributed by atoms with van der Waals surface area (Å²) in [5.41, 5.74) is 0.624. The van der Waals surface area contributed by atoms with Gasteiger partial charge in [0.25, 0.3) is 5.91 Å². The van der Waals surface area contributed by atoms with E-state index in [4.69, 9.17) is 0 Å². The molecule has 1 aromatic carbocycles. The summed E-state index contributed by atoms with van der Waals surface area (Å²) in [6.07, 6.45) is 0.830. The van der Waals surface area contributed by atoms with Crippen LogP contribution < -0.4 is 5.32 Å². The topological polar surface area (TPSA) is 54.9 Å². The highest BCUT2D eigenvalue weighted by Crippen LogP contribution is 2.16. The number of carbonyl (C=O) groups excluding carboxylic acids is 1. The first-order valence-electron chi connectivity index (χ1n) is 5.08. The van der Waals surface area contributed by atoms with Gasteiger partial charge in [0.2, 0.25) is 5.13 Å². The van der Waals surface area contributed by atoms with E-state index < -0.39 is 0 Å². The minimum Gasteiger partial charge on any atom is -0.296 e. The van der Waals surface area contributed by atoms with E-state index in [1.165, 1.54) is 11.3 Å². The molecule has 4 nitrogen and oxygen atoms in total. The van der Waals surface area contributed by atoms with Crippen molar-refractivity contribution in [1.29, 1.82) is 0 Å². The Morgan fingerprint density at radius 3 is 2.65 bits per heavy atom. The monoisotopic (exact) mass is 359 g/mol. The zero-order chi connectivity index (χ0) is 12.3. The average molecular weight is 359 g/mol. The summed E-state index contributed by atoms with van der Waals surface area (Å²) < 4.78 is 1.10. The van der Waals surface area contributed by atoms with Crippen LogP contribution in [-0.4, -0.2) is 16.1 Å². The molecule has 0 fully saturated rings. The lowest BCUT2D eigenvalue weighted by Crippen LogP contribution is -2.11. The second-order valence-electron chi connectivity index (χ2n) is 3.32. The van der Waals surface area contributed by atoms with Crippen molar-refractivity contribution < 1.29 is 4.79 Å². The number of hydrogen-bond donors (Lipinski definition) is 1. The SMILES string of the molecule is CCc1nnc(NC(=O)c2ccc(I)cc2)s1. The number of halogens is 1. The largest absolute Gasteiger partial charge is 0.296 e. The van der Waals surface area contributed by atoms with Gasteiger partial charge in [0.1, 0.15) is 5.01 Å². The highest BCUT2D eigenvalue weighted by molar-refractivity contribution is 14.1. The summed E-state index contributed by atoms with van der Waals surface area (Å²) in [7, 11) is 0. The summed E-state index contributed by atoms with van der Waals surface area (Å²) >= 11 is 3.60. The van der Waals surface area contributed by atoms with Crippen LogP contribution in [0.15, 0.2) is 24.3 Å². The minimum absolute atomic E-state index is 0.153. The molecule has 0 saturated heterocycles. The Bertz CT molecular complexity index is 524. The predicted octanol–water partition coefficient (Wildman–Crippen LogP) is 2.96. The van der Waals surface area contributed by atoms with Gasteiger partial charge in [-0.15, -0.1) is 10.2 Å². The molecule has 0 spiro atoms. The van der Waals surface area contributed by atoms with E-state index in [0.29, 0.717) is 10.7 Å². The van der Waals surface area contributed by atoms with Crippen LogP contribution >= 0.6 is 33.9 Å². The summed E-state index contributed by atoms with van der Waals surface area (Å²) in [4.78, 5) is 11.8. The number of hydrogen-bond acceptors (Lipinski definition) is 4. The Hall–Kier alpha value is -1.02. The molecule has 0 saturated carbocycles. The first-order chi connectivity index (χ1) is 8.19. The third kappa shape index (κ3) is 3.22. The molecule has 1 N–H and O–H groups in total. The molecule has 0 aliphatic heterocycles. The standard InChI is InChI=1S/C11H10IN3OS/c1-2-9-14-15-11(17-9)13-10(16)7-3-5-8(12)6-4-7/h3-6H,2H2,1H3,(H,13,15,16). The molecular formula is C11H10IN3OS. The summed E-state index contributed by atoms with van der Waals surface area (Å²) in [6, 6.07) is 7.37. The maximum absolute atomic E-state index is 11.8. The second kappa shape index (κ2) is 5.54. The third-order valence-electron chi connectivity index (χ3n) is 2.10. The summed E-state index contributed by atoms with van der Waals surface area (Å²) in [6.45, 7) is 2.01. The van der Waals surface area contributed by atoms with Crippen molar-refractivity contribution in [3.05, 3.63) is 38.4 Å². The number of amides is 1. The molecule has 0 aliphatic carbocycles. The molecule has 0 atom stereocenters. The molecule has 2 rings (SSSR count). The van der Waals surface area contributed by atoms with Crippen LogP contribution in [0.3, 0.4) is 0 Å². The maximum Gasteiger partial charge on any atom is 0.257 e. The van der Waals surface area contributed by atoms with E-state index in [1.54, 1.807) is 12.1 Å². The number of anilines is 1. The van der Waals surface area contributed by atoms with Gasteiger partial charge in [-0.05, 0) is 53.3 Å².